The molecule has 0 radical (unpaired) electrons. The van der Waals surface area contributed by atoms with Crippen LogP contribution in [0.2, 0.25) is 0 Å². The van der Waals surface area contributed by atoms with Crippen LogP contribution < -0.4 is 15.4 Å². The number of hydrogen-bond acceptors (Lipinski definition) is 4. The number of carbonyl (C=O) groups is 1. The van der Waals surface area contributed by atoms with Gasteiger partial charge in [0.05, 0.1) is 26.3 Å². The van der Waals surface area contributed by atoms with E-state index in [1.807, 2.05) is 31.2 Å². The van der Waals surface area contributed by atoms with Gasteiger partial charge >= 0.3 is 0 Å². The highest BCUT2D eigenvalue weighted by Gasteiger charge is 2.12. The van der Waals surface area contributed by atoms with E-state index in [4.69, 9.17) is 9.47 Å². The lowest BCUT2D eigenvalue weighted by Gasteiger charge is -2.17. The number of benzene rings is 1. The second kappa shape index (κ2) is 8.50. The minimum Gasteiger partial charge on any atom is -0.496 e. The summed E-state index contributed by atoms with van der Waals surface area (Å²) in [7, 11) is 3.26. The molecule has 1 atom stereocenters. The number of methoxy groups -OCH3 is 2. The summed E-state index contributed by atoms with van der Waals surface area (Å²) in [5.74, 6) is 0.733. The Bertz CT molecular complexity index is 396. The molecule has 1 unspecified atom stereocenters. The fraction of sp³-hybridized carbons (Fsp3) is 0.500. The molecule has 5 heteroatoms. The van der Waals surface area contributed by atoms with Gasteiger partial charge in [0.2, 0.25) is 5.91 Å². The molecular formula is C14H22N2O3. The van der Waals surface area contributed by atoms with Crippen molar-refractivity contribution in [3.05, 3.63) is 29.8 Å². The molecule has 0 aromatic heterocycles. The van der Waals surface area contributed by atoms with Crippen molar-refractivity contribution in [1.29, 1.82) is 0 Å². The second-order valence-corrected chi connectivity index (χ2v) is 4.20. The maximum atomic E-state index is 11.7. The Labute approximate surface area is 114 Å². The van der Waals surface area contributed by atoms with Crippen LogP contribution in [-0.4, -0.2) is 39.8 Å². The van der Waals surface area contributed by atoms with Gasteiger partial charge in [-0.25, -0.2) is 0 Å². The van der Waals surface area contributed by atoms with Gasteiger partial charge in [0, 0.05) is 19.2 Å². The fourth-order valence-corrected chi connectivity index (χ4v) is 1.77. The molecule has 0 aliphatic heterocycles. The molecular weight excluding hydrogens is 244 g/mol. The summed E-state index contributed by atoms with van der Waals surface area (Å²) < 4.78 is 10.2. The minimum atomic E-state index is -0.0899. The van der Waals surface area contributed by atoms with E-state index in [-0.39, 0.29) is 18.5 Å². The van der Waals surface area contributed by atoms with Gasteiger partial charge in [0.15, 0.2) is 0 Å². The molecule has 0 saturated heterocycles. The Morgan fingerprint density at radius 1 is 1.32 bits per heavy atom. The number of hydrogen-bond donors (Lipinski definition) is 2. The minimum absolute atomic E-state index is 0.0468. The zero-order valence-electron chi connectivity index (χ0n) is 11.7. The van der Waals surface area contributed by atoms with Crippen molar-refractivity contribution in [2.24, 2.45) is 0 Å². The number of amides is 1. The van der Waals surface area contributed by atoms with E-state index in [1.165, 1.54) is 0 Å². The van der Waals surface area contributed by atoms with E-state index in [9.17, 15) is 4.79 Å². The van der Waals surface area contributed by atoms with E-state index in [2.05, 4.69) is 10.6 Å². The Balaban J connectivity index is 2.45. The molecule has 1 amide bonds. The summed E-state index contributed by atoms with van der Waals surface area (Å²) >= 11 is 0. The summed E-state index contributed by atoms with van der Waals surface area (Å²) in [5.41, 5.74) is 0.968. The Morgan fingerprint density at radius 2 is 2.05 bits per heavy atom. The number of carbonyl (C=O) groups excluding carboxylic acids is 1. The highest BCUT2D eigenvalue weighted by atomic mass is 16.5. The molecule has 1 aromatic carbocycles. The van der Waals surface area contributed by atoms with E-state index >= 15 is 0 Å². The molecule has 0 spiro atoms. The molecule has 0 bridgehead atoms. The zero-order chi connectivity index (χ0) is 14.1. The topological polar surface area (TPSA) is 59.6 Å². The highest BCUT2D eigenvalue weighted by molar-refractivity contribution is 5.78. The molecule has 1 aromatic rings. The normalized spacial score (nSPS) is 11.9. The van der Waals surface area contributed by atoms with Gasteiger partial charge in [0.25, 0.3) is 0 Å². The van der Waals surface area contributed by atoms with Crippen LogP contribution in [0.4, 0.5) is 0 Å². The molecule has 19 heavy (non-hydrogen) atoms. The smallest absolute Gasteiger partial charge is 0.234 e. The van der Waals surface area contributed by atoms with Gasteiger partial charge in [-0.3, -0.25) is 4.79 Å². The summed E-state index contributed by atoms with van der Waals surface area (Å²) in [6.07, 6.45) is 0. The van der Waals surface area contributed by atoms with E-state index in [1.54, 1.807) is 14.2 Å². The molecule has 5 nitrogen and oxygen atoms in total. The third-order valence-electron chi connectivity index (χ3n) is 2.75. The van der Waals surface area contributed by atoms with Crippen LogP contribution in [0.15, 0.2) is 24.3 Å². The number of rotatable bonds is 8. The first-order valence-corrected chi connectivity index (χ1v) is 6.31. The fourth-order valence-electron chi connectivity index (χ4n) is 1.77. The lowest BCUT2D eigenvalue weighted by molar-refractivity contribution is -0.120. The quantitative estimate of drug-likeness (QED) is 0.692. The lowest BCUT2D eigenvalue weighted by atomic mass is 10.1. The van der Waals surface area contributed by atoms with E-state index in [0.29, 0.717) is 13.2 Å². The Morgan fingerprint density at radius 3 is 2.74 bits per heavy atom. The predicted molar refractivity (Wildman–Crippen MR) is 74.3 cm³/mol. The van der Waals surface area contributed by atoms with Gasteiger partial charge in [0.1, 0.15) is 5.75 Å². The van der Waals surface area contributed by atoms with Crippen molar-refractivity contribution < 1.29 is 14.3 Å². The first-order chi connectivity index (χ1) is 9.19. The summed E-state index contributed by atoms with van der Waals surface area (Å²) in [5, 5.41) is 5.93. The molecule has 0 heterocycles. The first kappa shape index (κ1) is 15.5. The Hall–Kier alpha value is -1.59. The van der Waals surface area contributed by atoms with E-state index in [0.717, 1.165) is 11.3 Å². The van der Waals surface area contributed by atoms with Crippen LogP contribution >= 0.6 is 0 Å². The van der Waals surface area contributed by atoms with Gasteiger partial charge in [-0.15, -0.1) is 0 Å². The maximum Gasteiger partial charge on any atom is 0.234 e. The summed E-state index contributed by atoms with van der Waals surface area (Å²) in [6, 6.07) is 7.57. The van der Waals surface area contributed by atoms with Crippen molar-refractivity contribution in [2.45, 2.75) is 13.0 Å². The van der Waals surface area contributed by atoms with Crippen LogP contribution in [0.25, 0.3) is 0 Å². The van der Waals surface area contributed by atoms with Gasteiger partial charge < -0.3 is 20.1 Å². The SMILES string of the molecule is COCCNCC(=O)NC(C)c1ccccc1OC. The van der Waals surface area contributed by atoms with Crippen molar-refractivity contribution >= 4 is 5.91 Å². The van der Waals surface area contributed by atoms with Gasteiger partial charge in [-0.05, 0) is 13.0 Å². The maximum absolute atomic E-state index is 11.7. The molecule has 2 N–H and O–H groups in total. The largest absolute Gasteiger partial charge is 0.496 e. The molecule has 0 aliphatic rings. The molecule has 0 saturated carbocycles. The number of nitrogens with one attached hydrogen (secondary N) is 2. The standard InChI is InChI=1S/C14H22N2O3/c1-11(12-6-4-5-7-13(12)19-3)16-14(17)10-15-8-9-18-2/h4-7,11,15H,8-10H2,1-3H3,(H,16,17). The van der Waals surface area contributed by atoms with Crippen LogP contribution in [0, 0.1) is 0 Å². The van der Waals surface area contributed by atoms with Crippen LogP contribution in [-0.2, 0) is 9.53 Å². The van der Waals surface area contributed by atoms with E-state index < -0.39 is 0 Å². The second-order valence-electron chi connectivity index (χ2n) is 4.20. The average molecular weight is 266 g/mol. The van der Waals surface area contributed by atoms with Crippen molar-refractivity contribution in [3.8, 4) is 5.75 Å². The van der Waals surface area contributed by atoms with Crippen LogP contribution in [0.1, 0.15) is 18.5 Å². The molecule has 0 fully saturated rings. The third-order valence-corrected chi connectivity index (χ3v) is 2.75. The van der Waals surface area contributed by atoms with Gasteiger partial charge in [-0.1, -0.05) is 18.2 Å². The monoisotopic (exact) mass is 266 g/mol. The van der Waals surface area contributed by atoms with Crippen molar-refractivity contribution in [1.82, 2.24) is 10.6 Å². The summed E-state index contributed by atoms with van der Waals surface area (Å²) in [4.78, 5) is 11.7. The number of ether oxygens (including phenoxy) is 2. The van der Waals surface area contributed by atoms with Crippen molar-refractivity contribution in [2.75, 3.05) is 33.9 Å². The van der Waals surface area contributed by atoms with Crippen LogP contribution in [0.5, 0.6) is 5.75 Å². The Kier molecular flexibility index (Phi) is 6.92. The summed E-state index contributed by atoms with van der Waals surface area (Å²) in [6.45, 7) is 3.47. The van der Waals surface area contributed by atoms with Gasteiger partial charge in [-0.2, -0.15) is 0 Å². The zero-order valence-corrected chi connectivity index (χ0v) is 11.7. The average Bonchev–Trinajstić information content (AvgIpc) is 2.43. The molecule has 106 valence electrons. The third kappa shape index (κ3) is 5.28. The first-order valence-electron chi connectivity index (χ1n) is 6.31. The lowest BCUT2D eigenvalue weighted by Crippen LogP contribution is -2.36. The van der Waals surface area contributed by atoms with Crippen molar-refractivity contribution in [3.63, 3.8) is 0 Å². The molecule has 0 aliphatic carbocycles. The number of para-hydroxylation sites is 1. The predicted octanol–water partition coefficient (Wildman–Crippen LogP) is 1.11. The molecule has 1 rings (SSSR count). The highest BCUT2D eigenvalue weighted by Crippen LogP contribution is 2.23. The van der Waals surface area contributed by atoms with Crippen LogP contribution in [0.3, 0.4) is 0 Å².